The Morgan fingerprint density at radius 3 is 2.18 bits per heavy atom. The summed E-state index contributed by atoms with van der Waals surface area (Å²) in [6, 6.07) is 5.93. The fraction of sp³-hybridized carbons (Fsp3) is 0.333. The maximum absolute atomic E-state index is 11.5. The van der Waals surface area contributed by atoms with Crippen molar-refractivity contribution in [1.82, 2.24) is 4.90 Å². The second-order valence-corrected chi connectivity index (χ2v) is 3.82. The SMILES string of the molecule is C[C@@H](Oc1ccc(C(=O)O)cc1)C(=O)N(C)C. The van der Waals surface area contributed by atoms with Crippen molar-refractivity contribution in [2.24, 2.45) is 0 Å². The van der Waals surface area contributed by atoms with Crippen LogP contribution in [0.2, 0.25) is 0 Å². The van der Waals surface area contributed by atoms with Crippen LogP contribution in [0.3, 0.4) is 0 Å². The normalized spacial score (nSPS) is 11.7. The van der Waals surface area contributed by atoms with E-state index in [1.54, 1.807) is 21.0 Å². The quantitative estimate of drug-likeness (QED) is 0.855. The van der Waals surface area contributed by atoms with Gasteiger partial charge in [0.2, 0.25) is 0 Å². The van der Waals surface area contributed by atoms with Crippen LogP contribution in [0, 0.1) is 0 Å². The minimum absolute atomic E-state index is 0.146. The number of carbonyl (C=O) groups is 2. The van der Waals surface area contributed by atoms with Crippen molar-refractivity contribution >= 4 is 11.9 Å². The third kappa shape index (κ3) is 3.48. The minimum Gasteiger partial charge on any atom is -0.481 e. The molecule has 17 heavy (non-hydrogen) atoms. The standard InChI is InChI=1S/C12H15NO4/c1-8(11(14)13(2)3)17-10-6-4-9(5-7-10)12(15)16/h4-8H,1-3H3,(H,15,16)/t8-/m1/s1. The number of ether oxygens (including phenoxy) is 1. The molecule has 0 aliphatic carbocycles. The molecule has 1 aromatic rings. The van der Waals surface area contributed by atoms with Gasteiger partial charge in [0.25, 0.3) is 5.91 Å². The van der Waals surface area contributed by atoms with E-state index in [-0.39, 0.29) is 11.5 Å². The molecule has 0 heterocycles. The van der Waals surface area contributed by atoms with E-state index < -0.39 is 12.1 Å². The van der Waals surface area contributed by atoms with Crippen LogP contribution in [0.4, 0.5) is 0 Å². The molecule has 0 bridgehead atoms. The Balaban J connectivity index is 2.69. The molecule has 1 N–H and O–H groups in total. The average molecular weight is 237 g/mol. The molecule has 1 aromatic carbocycles. The highest BCUT2D eigenvalue weighted by Gasteiger charge is 2.16. The molecular formula is C12H15NO4. The highest BCUT2D eigenvalue weighted by Crippen LogP contribution is 2.14. The molecule has 0 saturated carbocycles. The van der Waals surface area contributed by atoms with E-state index in [0.717, 1.165) is 0 Å². The maximum Gasteiger partial charge on any atom is 0.335 e. The Hall–Kier alpha value is -2.04. The second-order valence-electron chi connectivity index (χ2n) is 3.82. The lowest BCUT2D eigenvalue weighted by Gasteiger charge is -2.18. The van der Waals surface area contributed by atoms with Gasteiger partial charge in [0.1, 0.15) is 5.75 Å². The summed E-state index contributed by atoms with van der Waals surface area (Å²) in [6.45, 7) is 1.65. The molecule has 0 aromatic heterocycles. The van der Waals surface area contributed by atoms with Gasteiger partial charge in [-0.25, -0.2) is 4.79 Å². The molecule has 5 nitrogen and oxygen atoms in total. The number of amides is 1. The number of hydrogen-bond acceptors (Lipinski definition) is 3. The molecule has 5 heteroatoms. The number of benzene rings is 1. The summed E-state index contributed by atoms with van der Waals surface area (Å²) >= 11 is 0. The van der Waals surface area contributed by atoms with Crippen molar-refractivity contribution < 1.29 is 19.4 Å². The number of nitrogens with zero attached hydrogens (tertiary/aromatic N) is 1. The smallest absolute Gasteiger partial charge is 0.335 e. The van der Waals surface area contributed by atoms with Crippen molar-refractivity contribution in [2.75, 3.05) is 14.1 Å². The monoisotopic (exact) mass is 237 g/mol. The molecule has 0 spiro atoms. The Labute approximate surface area is 99.6 Å². The topological polar surface area (TPSA) is 66.8 Å². The van der Waals surface area contributed by atoms with Crippen molar-refractivity contribution in [2.45, 2.75) is 13.0 Å². The zero-order chi connectivity index (χ0) is 13.0. The number of carbonyl (C=O) groups excluding carboxylic acids is 1. The Bertz CT molecular complexity index is 411. The summed E-state index contributed by atoms with van der Waals surface area (Å²) in [5.41, 5.74) is 0.184. The highest BCUT2D eigenvalue weighted by atomic mass is 16.5. The molecule has 1 amide bonds. The Kier molecular flexibility index (Phi) is 4.09. The Morgan fingerprint density at radius 2 is 1.76 bits per heavy atom. The van der Waals surface area contributed by atoms with Crippen LogP contribution >= 0.6 is 0 Å². The predicted octanol–water partition coefficient (Wildman–Crippen LogP) is 1.24. The lowest BCUT2D eigenvalue weighted by Crippen LogP contribution is -2.35. The second kappa shape index (κ2) is 5.34. The van der Waals surface area contributed by atoms with Crippen LogP contribution in [0.5, 0.6) is 5.75 Å². The van der Waals surface area contributed by atoms with Gasteiger partial charge in [-0.1, -0.05) is 0 Å². The van der Waals surface area contributed by atoms with Crippen LogP contribution in [0.25, 0.3) is 0 Å². The first kappa shape index (κ1) is 13.0. The lowest BCUT2D eigenvalue weighted by atomic mass is 10.2. The van der Waals surface area contributed by atoms with E-state index >= 15 is 0 Å². The molecular weight excluding hydrogens is 222 g/mol. The molecule has 92 valence electrons. The van der Waals surface area contributed by atoms with E-state index in [9.17, 15) is 9.59 Å². The number of aromatic carboxylic acids is 1. The van der Waals surface area contributed by atoms with Gasteiger partial charge in [0, 0.05) is 14.1 Å². The summed E-state index contributed by atoms with van der Waals surface area (Å²) in [7, 11) is 3.30. The number of carboxylic acid groups (broad SMARTS) is 1. The molecule has 1 atom stereocenters. The zero-order valence-corrected chi connectivity index (χ0v) is 10.0. The zero-order valence-electron chi connectivity index (χ0n) is 10.0. The first-order chi connectivity index (χ1) is 7.91. The molecule has 0 fully saturated rings. The number of rotatable bonds is 4. The molecule has 0 radical (unpaired) electrons. The first-order valence-corrected chi connectivity index (χ1v) is 5.13. The highest BCUT2D eigenvalue weighted by molar-refractivity contribution is 5.87. The number of hydrogen-bond donors (Lipinski definition) is 1. The van der Waals surface area contributed by atoms with Gasteiger partial charge < -0.3 is 14.7 Å². The van der Waals surface area contributed by atoms with Gasteiger partial charge in [-0.05, 0) is 31.2 Å². The fourth-order valence-electron chi connectivity index (χ4n) is 1.29. The molecule has 0 aliphatic heterocycles. The third-order valence-electron chi connectivity index (χ3n) is 2.20. The average Bonchev–Trinajstić information content (AvgIpc) is 2.28. The summed E-state index contributed by atoms with van der Waals surface area (Å²) in [6.07, 6.45) is -0.597. The van der Waals surface area contributed by atoms with E-state index in [1.807, 2.05) is 0 Å². The summed E-state index contributed by atoms with van der Waals surface area (Å²) in [4.78, 5) is 23.6. The van der Waals surface area contributed by atoms with E-state index in [0.29, 0.717) is 5.75 Å². The lowest BCUT2D eigenvalue weighted by molar-refractivity contribution is -0.135. The van der Waals surface area contributed by atoms with Crippen LogP contribution in [-0.4, -0.2) is 42.1 Å². The van der Waals surface area contributed by atoms with Gasteiger partial charge in [-0.15, -0.1) is 0 Å². The first-order valence-electron chi connectivity index (χ1n) is 5.13. The van der Waals surface area contributed by atoms with Crippen molar-refractivity contribution in [3.05, 3.63) is 29.8 Å². The minimum atomic E-state index is -0.992. The van der Waals surface area contributed by atoms with E-state index in [1.165, 1.54) is 29.2 Å². The predicted molar refractivity (Wildman–Crippen MR) is 62.2 cm³/mol. The van der Waals surface area contributed by atoms with Crippen molar-refractivity contribution in [3.63, 3.8) is 0 Å². The molecule has 0 aliphatic rings. The van der Waals surface area contributed by atoms with Crippen molar-refractivity contribution in [3.8, 4) is 5.75 Å². The van der Waals surface area contributed by atoms with Crippen LogP contribution in [0.15, 0.2) is 24.3 Å². The van der Waals surface area contributed by atoms with Crippen LogP contribution in [0.1, 0.15) is 17.3 Å². The van der Waals surface area contributed by atoms with Crippen LogP contribution < -0.4 is 4.74 Å². The molecule has 0 saturated heterocycles. The summed E-state index contributed by atoms with van der Waals surface area (Å²) < 4.78 is 5.39. The summed E-state index contributed by atoms with van der Waals surface area (Å²) in [5, 5.41) is 8.72. The molecule has 1 rings (SSSR count). The summed E-state index contributed by atoms with van der Waals surface area (Å²) in [5.74, 6) is -0.668. The maximum atomic E-state index is 11.5. The largest absolute Gasteiger partial charge is 0.481 e. The van der Waals surface area contributed by atoms with Gasteiger partial charge in [0.15, 0.2) is 6.10 Å². The van der Waals surface area contributed by atoms with Crippen LogP contribution in [-0.2, 0) is 4.79 Å². The Morgan fingerprint density at radius 1 is 1.24 bits per heavy atom. The number of likely N-dealkylation sites (N-methyl/N-ethyl adjacent to an activating group) is 1. The van der Waals surface area contributed by atoms with Gasteiger partial charge >= 0.3 is 5.97 Å². The fourth-order valence-corrected chi connectivity index (χ4v) is 1.29. The van der Waals surface area contributed by atoms with Crippen molar-refractivity contribution in [1.29, 1.82) is 0 Å². The third-order valence-corrected chi connectivity index (χ3v) is 2.20. The number of carboxylic acids is 1. The van der Waals surface area contributed by atoms with Gasteiger partial charge in [-0.2, -0.15) is 0 Å². The van der Waals surface area contributed by atoms with E-state index in [4.69, 9.17) is 9.84 Å². The van der Waals surface area contributed by atoms with E-state index in [2.05, 4.69) is 0 Å². The molecule has 0 unspecified atom stereocenters. The van der Waals surface area contributed by atoms with Gasteiger partial charge in [-0.3, -0.25) is 4.79 Å². The van der Waals surface area contributed by atoms with Gasteiger partial charge in [0.05, 0.1) is 5.56 Å².